The first-order valence-corrected chi connectivity index (χ1v) is 4.78. The van der Waals surface area contributed by atoms with Crippen LogP contribution in [0.5, 0.6) is 5.75 Å². The lowest BCUT2D eigenvalue weighted by Gasteiger charge is -1.99. The molecule has 6 heteroatoms. The molecule has 2 rings (SSSR count). The number of fused-ring (bicyclic) bond motifs is 1. The van der Waals surface area contributed by atoms with Crippen LogP contribution in [0.3, 0.4) is 0 Å². The minimum atomic E-state index is -0.727. The summed E-state index contributed by atoms with van der Waals surface area (Å²) in [6.07, 6.45) is 0.985. The average Bonchev–Trinajstić information content (AvgIpc) is 2.19. The summed E-state index contributed by atoms with van der Waals surface area (Å²) in [5.74, 6) is -0.605. The first-order valence-electron chi connectivity index (χ1n) is 3.99. The minimum absolute atomic E-state index is 0.249. The Balaban J connectivity index is 2.82. The quantitative estimate of drug-likeness (QED) is 0.589. The summed E-state index contributed by atoms with van der Waals surface area (Å²) in [7, 11) is 0. The van der Waals surface area contributed by atoms with Gasteiger partial charge in [-0.1, -0.05) is 15.9 Å². The summed E-state index contributed by atoms with van der Waals surface area (Å²) in [5, 5.41) is 22.4. The van der Waals surface area contributed by atoms with Gasteiger partial charge in [0.25, 0.3) is 5.75 Å². The molecule has 0 aliphatic carbocycles. The van der Waals surface area contributed by atoms with Crippen LogP contribution in [0.2, 0.25) is 0 Å². The van der Waals surface area contributed by atoms with E-state index in [1.165, 1.54) is 6.07 Å². The van der Waals surface area contributed by atoms with Crippen molar-refractivity contribution in [2.45, 2.75) is 0 Å². The summed E-state index contributed by atoms with van der Waals surface area (Å²) in [6.45, 7) is 0. The fourth-order valence-corrected chi connectivity index (χ4v) is 1.62. The van der Waals surface area contributed by atoms with Gasteiger partial charge >= 0.3 is 5.69 Å². The maximum Gasteiger partial charge on any atom is 0.335 e. The molecule has 0 aliphatic rings. The van der Waals surface area contributed by atoms with E-state index < -0.39 is 16.4 Å². The Morgan fingerprint density at radius 1 is 1.40 bits per heavy atom. The fraction of sp³-hybridized carbons (Fsp3) is 0. The largest absolute Gasteiger partial charge is 0.335 e. The minimum Gasteiger partial charge on any atom is -0.281 e. The van der Waals surface area contributed by atoms with Crippen LogP contribution in [-0.4, -0.2) is 9.91 Å². The first-order chi connectivity index (χ1) is 7.09. The molecule has 0 atom stereocenters. The molecule has 0 N–H and O–H groups in total. The third-order valence-corrected chi connectivity index (χ3v) is 2.45. The topological polar surface area (TPSA) is 75.9 Å². The zero-order chi connectivity index (χ0) is 11.0. The second kappa shape index (κ2) is 3.47. The Bertz CT molecular complexity index is 556. The predicted molar refractivity (Wildman–Crippen MR) is 56.2 cm³/mol. The van der Waals surface area contributed by atoms with Gasteiger partial charge in [0.15, 0.2) is 0 Å². The number of hydrogen-bond acceptors (Lipinski definition) is 3. The first kappa shape index (κ1) is 9.85. The van der Waals surface area contributed by atoms with Gasteiger partial charge in [-0.25, -0.2) is 4.98 Å². The molecule has 0 amide bonds. The van der Waals surface area contributed by atoms with Crippen molar-refractivity contribution >= 4 is 32.5 Å². The molecule has 15 heavy (non-hydrogen) atoms. The Morgan fingerprint density at radius 3 is 2.80 bits per heavy atom. The van der Waals surface area contributed by atoms with Crippen LogP contribution in [0.1, 0.15) is 0 Å². The van der Waals surface area contributed by atoms with Gasteiger partial charge in [0.05, 0.1) is 15.8 Å². The van der Waals surface area contributed by atoms with Gasteiger partial charge in [-0.15, -0.1) is 0 Å². The Hall–Kier alpha value is -1.69. The monoisotopic (exact) mass is 267 g/mol. The number of aromatic nitrogens is 1. The highest BCUT2D eigenvalue weighted by molar-refractivity contribution is 9.10. The molecule has 0 fully saturated rings. The molecule has 1 heterocycles. The summed E-state index contributed by atoms with van der Waals surface area (Å²) < 4.78 is 0.689. The third kappa shape index (κ3) is 1.63. The molecule has 1 aromatic carbocycles. The van der Waals surface area contributed by atoms with Gasteiger partial charge in [0, 0.05) is 4.47 Å². The third-order valence-electron chi connectivity index (χ3n) is 1.96. The Kier molecular flexibility index (Phi) is 2.28. The van der Waals surface area contributed by atoms with Crippen molar-refractivity contribution in [2.24, 2.45) is 0 Å². The van der Waals surface area contributed by atoms with Crippen LogP contribution in [-0.2, 0) is 5.11 Å². The van der Waals surface area contributed by atoms with E-state index in [2.05, 4.69) is 20.9 Å². The van der Waals surface area contributed by atoms with Crippen LogP contribution in [0, 0.1) is 10.1 Å². The van der Waals surface area contributed by atoms with Gasteiger partial charge in [-0.3, -0.25) is 15.2 Å². The van der Waals surface area contributed by atoms with E-state index in [0.29, 0.717) is 9.99 Å². The predicted octanol–water partition coefficient (Wildman–Crippen LogP) is 3.05. The van der Waals surface area contributed by atoms with Gasteiger partial charge in [0.1, 0.15) is 6.20 Å². The summed E-state index contributed by atoms with van der Waals surface area (Å²) >= 11 is 3.19. The average molecular weight is 268 g/mol. The number of pyridine rings is 1. The van der Waals surface area contributed by atoms with Crippen molar-refractivity contribution in [2.75, 3.05) is 0 Å². The van der Waals surface area contributed by atoms with Crippen molar-refractivity contribution in [3.05, 3.63) is 39.0 Å². The lowest BCUT2D eigenvalue weighted by molar-refractivity contribution is -0.386. The SMILES string of the molecule is [O]c1c([N+](=O)[O-])cnc2ccc(Br)cc12. The molecule has 0 saturated heterocycles. The van der Waals surface area contributed by atoms with E-state index in [9.17, 15) is 15.2 Å². The summed E-state index contributed by atoms with van der Waals surface area (Å²) in [6, 6.07) is 4.88. The van der Waals surface area contributed by atoms with Crippen LogP contribution in [0.15, 0.2) is 28.9 Å². The van der Waals surface area contributed by atoms with Gasteiger partial charge in [0.2, 0.25) is 0 Å². The normalized spacial score (nSPS) is 10.5. The number of nitro groups is 1. The smallest absolute Gasteiger partial charge is 0.281 e. The van der Waals surface area contributed by atoms with E-state index in [4.69, 9.17) is 0 Å². The number of benzene rings is 1. The highest BCUT2D eigenvalue weighted by Crippen LogP contribution is 2.34. The van der Waals surface area contributed by atoms with E-state index in [0.717, 1.165) is 6.20 Å². The van der Waals surface area contributed by atoms with Crippen molar-refractivity contribution < 1.29 is 10.0 Å². The lowest BCUT2D eigenvalue weighted by atomic mass is 10.2. The Labute approximate surface area is 92.6 Å². The van der Waals surface area contributed by atoms with Crippen molar-refractivity contribution in [3.63, 3.8) is 0 Å². The van der Waals surface area contributed by atoms with Gasteiger partial charge < -0.3 is 0 Å². The zero-order valence-electron chi connectivity index (χ0n) is 7.31. The number of hydrogen-bond donors (Lipinski definition) is 0. The molecular formula is C9H4BrN2O3. The fourth-order valence-electron chi connectivity index (χ4n) is 1.26. The van der Waals surface area contributed by atoms with Crippen LogP contribution >= 0.6 is 15.9 Å². The molecule has 2 aromatic rings. The molecule has 0 unspecified atom stereocenters. The van der Waals surface area contributed by atoms with E-state index >= 15 is 0 Å². The standard InChI is InChI=1S/C9H4BrN2O3/c10-5-1-2-7-6(3-5)9(13)8(4-11-7)12(14)15/h1-4H. The maximum atomic E-state index is 11.6. The number of halogens is 1. The Morgan fingerprint density at radius 2 is 2.13 bits per heavy atom. The van der Waals surface area contributed by atoms with Gasteiger partial charge in [-0.05, 0) is 18.2 Å². The highest BCUT2D eigenvalue weighted by atomic mass is 79.9. The number of rotatable bonds is 1. The second-order valence-electron chi connectivity index (χ2n) is 2.89. The summed E-state index contributed by atoms with van der Waals surface area (Å²) in [5.41, 5.74) is -0.0469. The van der Waals surface area contributed by atoms with E-state index in [-0.39, 0.29) is 5.39 Å². The molecule has 0 spiro atoms. The maximum absolute atomic E-state index is 11.6. The van der Waals surface area contributed by atoms with Gasteiger partial charge in [-0.2, -0.15) is 0 Å². The molecule has 0 saturated carbocycles. The highest BCUT2D eigenvalue weighted by Gasteiger charge is 2.18. The second-order valence-corrected chi connectivity index (χ2v) is 3.81. The molecule has 5 nitrogen and oxygen atoms in total. The van der Waals surface area contributed by atoms with Crippen LogP contribution < -0.4 is 0 Å². The summed E-state index contributed by atoms with van der Waals surface area (Å²) in [4.78, 5) is 13.6. The zero-order valence-corrected chi connectivity index (χ0v) is 8.89. The van der Waals surface area contributed by atoms with E-state index in [1.54, 1.807) is 12.1 Å². The number of nitrogens with zero attached hydrogens (tertiary/aromatic N) is 2. The molecular weight excluding hydrogens is 264 g/mol. The molecule has 0 aliphatic heterocycles. The van der Waals surface area contributed by atoms with Crippen LogP contribution in [0.4, 0.5) is 5.69 Å². The molecule has 1 radical (unpaired) electrons. The van der Waals surface area contributed by atoms with Crippen molar-refractivity contribution in [1.29, 1.82) is 0 Å². The molecule has 75 valence electrons. The molecule has 1 aromatic heterocycles. The van der Waals surface area contributed by atoms with E-state index in [1.807, 2.05) is 0 Å². The van der Waals surface area contributed by atoms with Crippen molar-refractivity contribution in [1.82, 2.24) is 4.98 Å². The molecule has 0 bridgehead atoms. The van der Waals surface area contributed by atoms with Crippen molar-refractivity contribution in [3.8, 4) is 5.75 Å². The van der Waals surface area contributed by atoms with Crippen LogP contribution in [0.25, 0.3) is 10.9 Å². The lowest BCUT2D eigenvalue weighted by Crippen LogP contribution is -1.90.